The second-order valence-electron chi connectivity index (χ2n) is 6.93. The average Bonchev–Trinajstić information content (AvgIpc) is 2.73. The van der Waals surface area contributed by atoms with Crippen LogP contribution in [0.5, 0.6) is 11.5 Å². The van der Waals surface area contributed by atoms with Gasteiger partial charge in [-0.3, -0.25) is 0 Å². The molecule has 0 bridgehead atoms. The van der Waals surface area contributed by atoms with E-state index in [4.69, 9.17) is 4.74 Å². The lowest BCUT2D eigenvalue weighted by molar-refractivity contribution is 0.304. The lowest BCUT2D eigenvalue weighted by Gasteiger charge is -2.30. The third-order valence-corrected chi connectivity index (χ3v) is 5.07. The topological polar surface area (TPSA) is 53.5 Å². The van der Waals surface area contributed by atoms with Gasteiger partial charge in [-0.1, -0.05) is 54.6 Å². The summed E-state index contributed by atoms with van der Waals surface area (Å²) >= 11 is 0. The zero-order chi connectivity index (χ0) is 18.9. The summed E-state index contributed by atoms with van der Waals surface area (Å²) in [5.74, 6) is 0.838. The minimum absolute atomic E-state index is 0.196. The molecule has 5 rings (SSSR count). The molecule has 0 saturated heterocycles. The smallest absolute Gasteiger partial charge is 0.127 e. The van der Waals surface area contributed by atoms with E-state index in [-0.39, 0.29) is 11.9 Å². The number of ether oxygens (including phenoxy) is 1. The van der Waals surface area contributed by atoms with E-state index >= 15 is 0 Å². The van der Waals surface area contributed by atoms with Gasteiger partial charge < -0.3 is 20.5 Å². The summed E-state index contributed by atoms with van der Waals surface area (Å²) in [5, 5.41) is 19.9. The van der Waals surface area contributed by atoms with Crippen molar-refractivity contribution in [3.63, 3.8) is 0 Å². The van der Waals surface area contributed by atoms with E-state index in [0.29, 0.717) is 12.4 Å². The molecule has 1 aliphatic rings. The van der Waals surface area contributed by atoms with Crippen LogP contribution in [-0.2, 0) is 6.61 Å². The van der Waals surface area contributed by atoms with Crippen molar-refractivity contribution in [3.05, 3.63) is 96.1 Å². The van der Waals surface area contributed by atoms with E-state index in [9.17, 15) is 5.11 Å². The van der Waals surface area contributed by atoms with Gasteiger partial charge in [-0.05, 0) is 35.2 Å². The Morgan fingerprint density at radius 1 is 0.786 bits per heavy atom. The molecule has 0 saturated carbocycles. The van der Waals surface area contributed by atoms with Gasteiger partial charge in [0.1, 0.15) is 24.3 Å². The van der Waals surface area contributed by atoms with E-state index in [1.165, 1.54) is 10.8 Å². The van der Waals surface area contributed by atoms with Gasteiger partial charge in [0.05, 0.1) is 0 Å². The molecule has 3 N–H and O–H groups in total. The maximum Gasteiger partial charge on any atom is 0.127 e. The van der Waals surface area contributed by atoms with Gasteiger partial charge in [0, 0.05) is 28.4 Å². The second kappa shape index (κ2) is 6.82. The van der Waals surface area contributed by atoms with Crippen LogP contribution in [0.2, 0.25) is 0 Å². The van der Waals surface area contributed by atoms with Crippen molar-refractivity contribution in [2.45, 2.75) is 12.8 Å². The fourth-order valence-corrected chi connectivity index (χ4v) is 3.68. The maximum absolute atomic E-state index is 10.6. The first-order valence-corrected chi connectivity index (χ1v) is 9.32. The molecule has 138 valence electrons. The fourth-order valence-electron chi connectivity index (χ4n) is 3.68. The Bertz CT molecular complexity index is 1100. The Labute approximate surface area is 163 Å². The number of hydrogen-bond donors (Lipinski definition) is 3. The minimum Gasteiger partial charge on any atom is -0.507 e. The molecule has 0 amide bonds. The summed E-state index contributed by atoms with van der Waals surface area (Å²) < 4.78 is 5.82. The Morgan fingerprint density at radius 3 is 2.18 bits per heavy atom. The minimum atomic E-state index is -0.219. The van der Waals surface area contributed by atoms with Gasteiger partial charge in [-0.2, -0.15) is 0 Å². The van der Waals surface area contributed by atoms with Gasteiger partial charge in [0.2, 0.25) is 0 Å². The lowest BCUT2D eigenvalue weighted by atomic mass is 10.0. The van der Waals surface area contributed by atoms with Crippen LogP contribution in [-0.4, -0.2) is 5.11 Å². The van der Waals surface area contributed by atoms with Crippen LogP contribution in [0.15, 0.2) is 84.9 Å². The van der Waals surface area contributed by atoms with Crippen LogP contribution >= 0.6 is 0 Å². The zero-order valence-electron chi connectivity index (χ0n) is 15.2. The van der Waals surface area contributed by atoms with Crippen molar-refractivity contribution in [1.29, 1.82) is 0 Å². The lowest BCUT2D eigenvalue weighted by Crippen LogP contribution is -2.23. The third kappa shape index (κ3) is 2.99. The normalized spacial score (nSPS) is 13.0. The molecule has 0 spiro atoms. The van der Waals surface area contributed by atoms with Crippen molar-refractivity contribution in [2.75, 3.05) is 10.6 Å². The van der Waals surface area contributed by atoms with Crippen molar-refractivity contribution >= 4 is 22.1 Å². The van der Waals surface area contributed by atoms with Crippen LogP contribution in [0.3, 0.4) is 0 Å². The summed E-state index contributed by atoms with van der Waals surface area (Å²) in [4.78, 5) is 0. The summed E-state index contributed by atoms with van der Waals surface area (Å²) in [7, 11) is 0. The average molecular weight is 368 g/mol. The van der Waals surface area contributed by atoms with Crippen molar-refractivity contribution in [3.8, 4) is 11.5 Å². The molecule has 0 unspecified atom stereocenters. The highest BCUT2D eigenvalue weighted by molar-refractivity contribution is 6.04. The molecule has 0 aliphatic carbocycles. The van der Waals surface area contributed by atoms with Crippen molar-refractivity contribution < 1.29 is 9.84 Å². The van der Waals surface area contributed by atoms with E-state index in [1.54, 1.807) is 6.07 Å². The molecule has 0 radical (unpaired) electrons. The number of aromatic hydroxyl groups is 1. The van der Waals surface area contributed by atoms with E-state index in [2.05, 4.69) is 34.9 Å². The monoisotopic (exact) mass is 368 g/mol. The largest absolute Gasteiger partial charge is 0.507 e. The first kappa shape index (κ1) is 16.5. The van der Waals surface area contributed by atoms with E-state index in [1.807, 2.05) is 54.6 Å². The Balaban J connectivity index is 1.38. The second-order valence-corrected chi connectivity index (χ2v) is 6.93. The summed E-state index contributed by atoms with van der Waals surface area (Å²) in [6, 6.07) is 27.8. The van der Waals surface area contributed by atoms with Crippen molar-refractivity contribution in [2.24, 2.45) is 0 Å². The molecule has 4 aromatic carbocycles. The molecule has 1 heterocycles. The van der Waals surface area contributed by atoms with Crippen LogP contribution in [0, 0.1) is 0 Å². The number of rotatable bonds is 4. The van der Waals surface area contributed by atoms with Gasteiger partial charge in [-0.15, -0.1) is 0 Å². The van der Waals surface area contributed by atoms with Crippen LogP contribution in [0.25, 0.3) is 10.8 Å². The highest BCUT2D eigenvalue weighted by Crippen LogP contribution is 2.40. The summed E-state index contributed by atoms with van der Waals surface area (Å²) in [6.07, 6.45) is -0.219. The van der Waals surface area contributed by atoms with Gasteiger partial charge in [0.25, 0.3) is 0 Å². The third-order valence-electron chi connectivity index (χ3n) is 5.07. The Kier molecular flexibility index (Phi) is 4.02. The number of phenolic OH excluding ortho intramolecular Hbond substituents is 1. The number of anilines is 2. The Hall–Kier alpha value is -3.66. The number of phenols is 1. The Morgan fingerprint density at radius 2 is 1.50 bits per heavy atom. The van der Waals surface area contributed by atoms with Crippen LogP contribution in [0.4, 0.5) is 11.4 Å². The molecular weight excluding hydrogens is 348 g/mol. The molecule has 0 atom stereocenters. The first-order valence-electron chi connectivity index (χ1n) is 9.32. The highest BCUT2D eigenvalue weighted by Gasteiger charge is 2.22. The zero-order valence-corrected chi connectivity index (χ0v) is 15.2. The first-order chi connectivity index (χ1) is 13.8. The van der Waals surface area contributed by atoms with E-state index < -0.39 is 0 Å². The standard InChI is InChI=1S/C24H20N2O2/c27-22-14-18(28-15-16-6-2-1-3-7-16)12-13-19(22)24-25-20-10-4-8-17-9-5-11-21(26-24)23(17)20/h1-14,24-27H,15H2. The summed E-state index contributed by atoms with van der Waals surface area (Å²) in [5.41, 5.74) is 3.98. The molecule has 4 aromatic rings. The van der Waals surface area contributed by atoms with Gasteiger partial charge >= 0.3 is 0 Å². The number of hydrogen-bond acceptors (Lipinski definition) is 4. The van der Waals surface area contributed by atoms with E-state index in [0.717, 1.165) is 22.5 Å². The summed E-state index contributed by atoms with van der Waals surface area (Å²) in [6.45, 7) is 0.467. The van der Waals surface area contributed by atoms with Gasteiger partial charge in [-0.25, -0.2) is 0 Å². The SMILES string of the molecule is Oc1cc(OCc2ccccc2)ccc1C1Nc2cccc3cccc(c23)N1. The molecule has 1 aliphatic heterocycles. The van der Waals surface area contributed by atoms with Gasteiger partial charge in [0.15, 0.2) is 0 Å². The predicted octanol–water partition coefficient (Wildman–Crippen LogP) is 5.66. The highest BCUT2D eigenvalue weighted by atomic mass is 16.5. The number of benzene rings is 4. The molecule has 28 heavy (non-hydrogen) atoms. The van der Waals surface area contributed by atoms with Crippen molar-refractivity contribution in [1.82, 2.24) is 0 Å². The van der Waals surface area contributed by atoms with Crippen LogP contribution in [0.1, 0.15) is 17.3 Å². The molecule has 0 fully saturated rings. The molecule has 4 heteroatoms. The number of nitrogens with one attached hydrogen (secondary N) is 2. The van der Waals surface area contributed by atoms with Crippen LogP contribution < -0.4 is 15.4 Å². The molecule has 4 nitrogen and oxygen atoms in total. The fraction of sp³-hybridized carbons (Fsp3) is 0.0833. The maximum atomic E-state index is 10.6. The molecule has 0 aromatic heterocycles. The predicted molar refractivity (Wildman–Crippen MR) is 113 cm³/mol. The quantitative estimate of drug-likeness (QED) is 0.435. The molecular formula is C24H20N2O2.